The van der Waals surface area contributed by atoms with E-state index in [1.54, 1.807) is 0 Å². The standard InChI is InChI=1S/C18H27N4O/c1-4-5-9-20-22-11-14-10-21(23)12-16(13(2)3)17(14)15-7-6-8-19-18(15)22/h6-8,13,16,20H,4-5,9-12H2,1-3H3/q-1. The van der Waals surface area contributed by atoms with Gasteiger partial charge in [0.15, 0.2) is 5.82 Å². The Kier molecular flexibility index (Phi) is 4.99. The van der Waals surface area contributed by atoms with Crippen LogP contribution in [-0.4, -0.2) is 36.2 Å². The van der Waals surface area contributed by atoms with Crippen LogP contribution in [0.1, 0.15) is 39.2 Å². The van der Waals surface area contributed by atoms with Crippen molar-refractivity contribution in [3.05, 3.63) is 34.7 Å². The molecule has 0 saturated carbocycles. The van der Waals surface area contributed by atoms with Crippen molar-refractivity contribution >= 4 is 11.4 Å². The molecule has 3 rings (SSSR count). The third kappa shape index (κ3) is 3.27. The number of nitrogens with zero attached hydrogens (tertiary/aromatic N) is 3. The zero-order valence-corrected chi connectivity index (χ0v) is 14.4. The van der Waals surface area contributed by atoms with Crippen LogP contribution in [0.25, 0.3) is 5.57 Å². The number of anilines is 1. The van der Waals surface area contributed by atoms with Gasteiger partial charge in [-0.25, -0.2) is 10.4 Å². The van der Waals surface area contributed by atoms with Crippen LogP contribution < -0.4 is 10.4 Å². The second kappa shape index (κ2) is 6.99. The first-order valence-electron chi connectivity index (χ1n) is 8.72. The lowest BCUT2D eigenvalue weighted by Gasteiger charge is -2.46. The van der Waals surface area contributed by atoms with E-state index in [2.05, 4.69) is 42.3 Å². The highest BCUT2D eigenvalue weighted by atomic mass is 16.5. The van der Waals surface area contributed by atoms with E-state index in [9.17, 15) is 5.21 Å². The Hall–Kier alpha value is -1.43. The molecule has 23 heavy (non-hydrogen) atoms. The van der Waals surface area contributed by atoms with Gasteiger partial charge in [0, 0.05) is 24.8 Å². The van der Waals surface area contributed by atoms with Gasteiger partial charge in [0.2, 0.25) is 0 Å². The van der Waals surface area contributed by atoms with Crippen LogP contribution in [0.3, 0.4) is 0 Å². The van der Waals surface area contributed by atoms with Crippen molar-refractivity contribution in [2.45, 2.75) is 33.6 Å². The summed E-state index contributed by atoms with van der Waals surface area (Å²) in [6.45, 7) is 9.39. The normalized spacial score (nSPS) is 21.6. The van der Waals surface area contributed by atoms with E-state index in [1.807, 2.05) is 12.3 Å². The van der Waals surface area contributed by atoms with Crippen LogP contribution in [0.4, 0.5) is 5.82 Å². The summed E-state index contributed by atoms with van der Waals surface area (Å²) in [7, 11) is 0. The third-order valence-corrected chi connectivity index (χ3v) is 4.84. The molecule has 1 aromatic rings. The Morgan fingerprint density at radius 3 is 2.96 bits per heavy atom. The number of pyridine rings is 1. The molecule has 0 aromatic carbocycles. The Bertz CT molecular complexity index is 584. The molecule has 1 aromatic heterocycles. The first-order valence-corrected chi connectivity index (χ1v) is 8.72. The predicted octanol–water partition coefficient (Wildman–Crippen LogP) is 3.05. The van der Waals surface area contributed by atoms with E-state index >= 15 is 0 Å². The second-order valence-electron chi connectivity index (χ2n) is 6.91. The highest BCUT2D eigenvalue weighted by molar-refractivity contribution is 5.82. The molecule has 3 heterocycles. The molecule has 1 unspecified atom stereocenters. The molecule has 0 spiro atoms. The number of aromatic nitrogens is 1. The highest BCUT2D eigenvalue weighted by Gasteiger charge is 2.34. The monoisotopic (exact) mass is 315 g/mol. The summed E-state index contributed by atoms with van der Waals surface area (Å²) in [6.07, 6.45) is 4.15. The fourth-order valence-corrected chi connectivity index (χ4v) is 3.61. The van der Waals surface area contributed by atoms with Gasteiger partial charge in [-0.3, -0.25) is 5.01 Å². The van der Waals surface area contributed by atoms with Gasteiger partial charge < -0.3 is 10.3 Å². The van der Waals surface area contributed by atoms with Crippen LogP contribution >= 0.6 is 0 Å². The summed E-state index contributed by atoms with van der Waals surface area (Å²) < 4.78 is 0. The third-order valence-electron chi connectivity index (χ3n) is 4.84. The molecule has 2 aliphatic heterocycles. The van der Waals surface area contributed by atoms with Gasteiger partial charge in [0.05, 0.1) is 6.54 Å². The lowest BCUT2D eigenvalue weighted by molar-refractivity contribution is 0.299. The predicted molar refractivity (Wildman–Crippen MR) is 94.7 cm³/mol. The van der Waals surface area contributed by atoms with Crippen molar-refractivity contribution in [1.29, 1.82) is 0 Å². The SMILES string of the molecule is CCCCNN1CC2=C(c3cccnc31)C(C(C)C)CN([O-])C2. The number of unbranched alkanes of at least 4 members (excludes halogenated alkanes) is 1. The number of hydrogen-bond donors (Lipinski definition) is 1. The maximum Gasteiger partial charge on any atom is 0.150 e. The number of nitrogens with one attached hydrogen (secondary N) is 1. The number of hydrogen-bond acceptors (Lipinski definition) is 5. The molecular formula is C18H27N4O-. The largest absolute Gasteiger partial charge is 0.785 e. The molecule has 1 atom stereocenters. The van der Waals surface area contributed by atoms with Crippen molar-refractivity contribution in [3.8, 4) is 0 Å². The highest BCUT2D eigenvalue weighted by Crippen LogP contribution is 2.42. The summed E-state index contributed by atoms with van der Waals surface area (Å²) in [6, 6.07) is 4.15. The van der Waals surface area contributed by atoms with E-state index in [0.29, 0.717) is 19.0 Å². The van der Waals surface area contributed by atoms with E-state index in [0.717, 1.165) is 31.7 Å². The van der Waals surface area contributed by atoms with Crippen LogP contribution in [-0.2, 0) is 0 Å². The van der Waals surface area contributed by atoms with Crippen LogP contribution in [0, 0.1) is 17.0 Å². The Morgan fingerprint density at radius 1 is 1.39 bits per heavy atom. The average Bonchev–Trinajstić information content (AvgIpc) is 2.54. The van der Waals surface area contributed by atoms with Gasteiger partial charge >= 0.3 is 0 Å². The lowest BCUT2D eigenvalue weighted by atomic mass is 9.78. The second-order valence-corrected chi connectivity index (χ2v) is 6.91. The molecule has 0 saturated heterocycles. The van der Waals surface area contributed by atoms with Crippen LogP contribution in [0.2, 0.25) is 0 Å². The molecule has 2 aliphatic rings. The topological polar surface area (TPSA) is 54.5 Å². The Balaban J connectivity index is 1.97. The van der Waals surface area contributed by atoms with Gasteiger partial charge in [-0.15, -0.1) is 0 Å². The minimum atomic E-state index is 0.289. The summed E-state index contributed by atoms with van der Waals surface area (Å²) in [5.74, 6) is 1.74. The molecule has 0 amide bonds. The van der Waals surface area contributed by atoms with Crippen molar-refractivity contribution in [1.82, 2.24) is 15.5 Å². The molecule has 0 bridgehead atoms. The summed E-state index contributed by atoms with van der Waals surface area (Å²) in [4.78, 5) is 4.62. The van der Waals surface area contributed by atoms with Crippen molar-refractivity contribution < 1.29 is 0 Å². The number of fused-ring (bicyclic) bond motifs is 2. The molecule has 0 radical (unpaired) electrons. The smallest absolute Gasteiger partial charge is 0.150 e. The van der Waals surface area contributed by atoms with Crippen molar-refractivity contribution in [3.63, 3.8) is 0 Å². The fraction of sp³-hybridized carbons (Fsp3) is 0.611. The van der Waals surface area contributed by atoms with Gasteiger partial charge in [-0.05, 0) is 48.1 Å². The van der Waals surface area contributed by atoms with E-state index in [1.165, 1.54) is 21.8 Å². The molecule has 0 fully saturated rings. The first kappa shape index (κ1) is 16.4. The summed E-state index contributed by atoms with van der Waals surface area (Å²) in [5, 5.41) is 15.5. The Labute approximate surface area is 138 Å². The first-order chi connectivity index (χ1) is 11.1. The number of hydrazine groups is 1. The number of rotatable bonds is 5. The minimum absolute atomic E-state index is 0.289. The zero-order chi connectivity index (χ0) is 16.4. The lowest BCUT2D eigenvalue weighted by Crippen LogP contribution is -2.47. The number of hydroxylamine groups is 2. The minimum Gasteiger partial charge on any atom is -0.785 e. The molecule has 126 valence electrons. The van der Waals surface area contributed by atoms with E-state index in [4.69, 9.17) is 0 Å². The van der Waals surface area contributed by atoms with Crippen molar-refractivity contribution in [2.75, 3.05) is 31.2 Å². The fourth-order valence-electron chi connectivity index (χ4n) is 3.61. The van der Waals surface area contributed by atoms with Crippen molar-refractivity contribution in [2.24, 2.45) is 11.8 Å². The molecule has 5 heteroatoms. The van der Waals surface area contributed by atoms with Gasteiger partial charge in [0.25, 0.3) is 0 Å². The van der Waals surface area contributed by atoms with Crippen LogP contribution in [0.15, 0.2) is 23.9 Å². The average molecular weight is 315 g/mol. The van der Waals surface area contributed by atoms with E-state index in [-0.39, 0.29) is 5.92 Å². The quantitative estimate of drug-likeness (QED) is 0.846. The molecular weight excluding hydrogens is 288 g/mol. The zero-order valence-electron chi connectivity index (χ0n) is 14.4. The Morgan fingerprint density at radius 2 is 2.22 bits per heavy atom. The summed E-state index contributed by atoms with van der Waals surface area (Å²) in [5.41, 5.74) is 7.29. The van der Waals surface area contributed by atoms with Gasteiger partial charge in [0.1, 0.15) is 0 Å². The molecule has 0 aliphatic carbocycles. The molecule has 1 N–H and O–H groups in total. The van der Waals surface area contributed by atoms with Crippen LogP contribution in [0.5, 0.6) is 0 Å². The van der Waals surface area contributed by atoms with Gasteiger partial charge in [-0.1, -0.05) is 27.2 Å². The maximum absolute atomic E-state index is 12.1. The summed E-state index contributed by atoms with van der Waals surface area (Å²) >= 11 is 0. The molecule has 5 nitrogen and oxygen atoms in total. The van der Waals surface area contributed by atoms with E-state index < -0.39 is 0 Å². The van der Waals surface area contributed by atoms with Gasteiger partial charge in [-0.2, -0.15) is 0 Å². The maximum atomic E-state index is 12.1.